The van der Waals surface area contributed by atoms with E-state index in [-0.39, 0.29) is 0 Å². The number of aryl methyl sites for hydroxylation is 1. The highest BCUT2D eigenvalue weighted by Crippen LogP contribution is 2.36. The molecule has 0 aromatic heterocycles. The van der Waals surface area contributed by atoms with E-state index in [1.54, 1.807) is 0 Å². The van der Waals surface area contributed by atoms with Crippen LogP contribution < -0.4 is 0 Å². The fourth-order valence-corrected chi connectivity index (χ4v) is 3.37. The van der Waals surface area contributed by atoms with E-state index in [9.17, 15) is 4.79 Å². The summed E-state index contributed by atoms with van der Waals surface area (Å²) >= 11 is 0. The van der Waals surface area contributed by atoms with Gasteiger partial charge in [-0.3, -0.25) is 4.79 Å². The third kappa shape index (κ3) is 2.70. The second-order valence-corrected chi connectivity index (χ2v) is 6.11. The van der Waals surface area contributed by atoms with Crippen molar-refractivity contribution in [3.8, 4) is 22.3 Å². The maximum absolute atomic E-state index is 11.8. The molecule has 112 valence electrons. The number of Topliss-reactive ketones (excluding diaryl/α,β-unsaturated/α-hetero) is 1. The molecule has 0 bridgehead atoms. The van der Waals surface area contributed by atoms with Crippen molar-refractivity contribution in [1.29, 1.82) is 0 Å². The molecule has 0 N–H and O–H groups in total. The maximum atomic E-state index is 11.8. The standard InChI is InChI=1S/C22H18O/c23-20-12-11-18-14-21(16-7-3-1-4-8-16)22(15-19(18)13-20)17-9-5-2-6-10-17/h1-10,14-15H,11-13H2. The summed E-state index contributed by atoms with van der Waals surface area (Å²) in [6.07, 6.45) is 2.11. The Morgan fingerprint density at radius 1 is 0.609 bits per heavy atom. The van der Waals surface area contributed by atoms with E-state index in [2.05, 4.69) is 60.7 Å². The van der Waals surface area contributed by atoms with Crippen molar-refractivity contribution in [1.82, 2.24) is 0 Å². The quantitative estimate of drug-likeness (QED) is 0.645. The Hall–Kier alpha value is -2.67. The van der Waals surface area contributed by atoms with Crippen molar-refractivity contribution in [2.75, 3.05) is 0 Å². The lowest BCUT2D eigenvalue weighted by atomic mass is 9.84. The van der Waals surface area contributed by atoms with Crippen LogP contribution in [-0.2, 0) is 17.6 Å². The molecule has 0 saturated carbocycles. The number of rotatable bonds is 2. The minimum Gasteiger partial charge on any atom is -0.299 e. The number of ketones is 1. The van der Waals surface area contributed by atoms with E-state index < -0.39 is 0 Å². The van der Waals surface area contributed by atoms with Gasteiger partial charge in [0.1, 0.15) is 5.78 Å². The van der Waals surface area contributed by atoms with Gasteiger partial charge < -0.3 is 0 Å². The first-order valence-electron chi connectivity index (χ1n) is 8.09. The molecule has 0 spiro atoms. The van der Waals surface area contributed by atoms with E-state index >= 15 is 0 Å². The van der Waals surface area contributed by atoms with Crippen LogP contribution in [0.15, 0.2) is 72.8 Å². The summed E-state index contributed by atoms with van der Waals surface area (Å²) in [6.45, 7) is 0. The van der Waals surface area contributed by atoms with Gasteiger partial charge in [0.25, 0.3) is 0 Å². The summed E-state index contributed by atoms with van der Waals surface area (Å²) in [7, 11) is 0. The van der Waals surface area contributed by atoms with Crippen LogP contribution in [0.1, 0.15) is 17.5 Å². The molecule has 1 heteroatoms. The summed E-state index contributed by atoms with van der Waals surface area (Å²) in [5.41, 5.74) is 7.41. The lowest BCUT2D eigenvalue weighted by Gasteiger charge is -2.20. The van der Waals surface area contributed by atoms with Crippen molar-refractivity contribution >= 4 is 5.78 Å². The smallest absolute Gasteiger partial charge is 0.137 e. The summed E-state index contributed by atoms with van der Waals surface area (Å²) in [5, 5.41) is 0. The molecule has 0 unspecified atom stereocenters. The van der Waals surface area contributed by atoms with Gasteiger partial charge in [-0.25, -0.2) is 0 Å². The molecule has 1 nitrogen and oxygen atoms in total. The minimum atomic E-state index is 0.351. The fourth-order valence-electron chi connectivity index (χ4n) is 3.37. The highest BCUT2D eigenvalue weighted by molar-refractivity contribution is 5.88. The lowest BCUT2D eigenvalue weighted by molar-refractivity contribution is -0.118. The van der Waals surface area contributed by atoms with Crippen LogP contribution in [0.4, 0.5) is 0 Å². The van der Waals surface area contributed by atoms with Gasteiger partial charge in [0.05, 0.1) is 0 Å². The number of benzene rings is 3. The van der Waals surface area contributed by atoms with Crippen LogP contribution in [0.5, 0.6) is 0 Å². The van der Waals surface area contributed by atoms with E-state index in [4.69, 9.17) is 0 Å². The van der Waals surface area contributed by atoms with Gasteiger partial charge in [-0.2, -0.15) is 0 Å². The van der Waals surface area contributed by atoms with Gasteiger partial charge >= 0.3 is 0 Å². The van der Waals surface area contributed by atoms with E-state index in [1.165, 1.54) is 33.4 Å². The van der Waals surface area contributed by atoms with Crippen LogP contribution in [0.2, 0.25) is 0 Å². The average molecular weight is 298 g/mol. The van der Waals surface area contributed by atoms with Gasteiger partial charge in [-0.1, -0.05) is 66.7 Å². The number of fused-ring (bicyclic) bond motifs is 1. The number of hydrogen-bond donors (Lipinski definition) is 0. The first-order chi connectivity index (χ1) is 11.3. The Kier molecular flexibility index (Phi) is 3.55. The fraction of sp³-hybridized carbons (Fsp3) is 0.136. The molecule has 3 aromatic rings. The maximum Gasteiger partial charge on any atom is 0.137 e. The molecule has 0 saturated heterocycles. The Balaban J connectivity index is 1.95. The topological polar surface area (TPSA) is 17.1 Å². The molecule has 0 radical (unpaired) electrons. The zero-order chi connectivity index (χ0) is 15.6. The molecular weight excluding hydrogens is 280 g/mol. The predicted molar refractivity (Wildman–Crippen MR) is 94.3 cm³/mol. The van der Waals surface area contributed by atoms with Crippen LogP contribution in [0.3, 0.4) is 0 Å². The zero-order valence-corrected chi connectivity index (χ0v) is 13.0. The van der Waals surface area contributed by atoms with Gasteiger partial charge in [0.2, 0.25) is 0 Å². The first-order valence-corrected chi connectivity index (χ1v) is 8.09. The van der Waals surface area contributed by atoms with Gasteiger partial charge in [-0.15, -0.1) is 0 Å². The molecule has 23 heavy (non-hydrogen) atoms. The second-order valence-electron chi connectivity index (χ2n) is 6.11. The van der Waals surface area contributed by atoms with Gasteiger partial charge in [-0.05, 0) is 45.9 Å². The number of hydrogen-bond acceptors (Lipinski definition) is 1. The third-order valence-electron chi connectivity index (χ3n) is 4.57. The molecule has 0 aliphatic heterocycles. The lowest BCUT2D eigenvalue weighted by Crippen LogP contribution is -2.13. The summed E-state index contributed by atoms with van der Waals surface area (Å²) in [6, 6.07) is 25.5. The molecule has 0 heterocycles. The summed E-state index contributed by atoms with van der Waals surface area (Å²) in [4.78, 5) is 11.8. The molecule has 1 aliphatic rings. The Morgan fingerprint density at radius 3 is 1.70 bits per heavy atom. The van der Waals surface area contributed by atoms with Crippen molar-refractivity contribution in [2.24, 2.45) is 0 Å². The zero-order valence-electron chi connectivity index (χ0n) is 13.0. The van der Waals surface area contributed by atoms with Crippen LogP contribution in [-0.4, -0.2) is 5.78 Å². The molecule has 3 aromatic carbocycles. The van der Waals surface area contributed by atoms with Crippen LogP contribution in [0, 0.1) is 0 Å². The van der Waals surface area contributed by atoms with E-state index in [0.29, 0.717) is 18.6 Å². The SMILES string of the molecule is O=C1CCc2cc(-c3ccccc3)c(-c3ccccc3)cc2C1. The molecule has 0 atom stereocenters. The van der Waals surface area contributed by atoms with Crippen LogP contribution >= 0.6 is 0 Å². The highest BCUT2D eigenvalue weighted by atomic mass is 16.1. The molecule has 4 rings (SSSR count). The van der Waals surface area contributed by atoms with Crippen molar-refractivity contribution in [3.05, 3.63) is 83.9 Å². The second kappa shape index (κ2) is 5.85. The van der Waals surface area contributed by atoms with E-state index in [0.717, 1.165) is 6.42 Å². The molecule has 0 amide bonds. The van der Waals surface area contributed by atoms with Gasteiger partial charge in [0, 0.05) is 12.8 Å². The van der Waals surface area contributed by atoms with Crippen LogP contribution in [0.25, 0.3) is 22.3 Å². The van der Waals surface area contributed by atoms with Crippen molar-refractivity contribution in [2.45, 2.75) is 19.3 Å². The third-order valence-corrected chi connectivity index (χ3v) is 4.57. The summed E-state index contributed by atoms with van der Waals surface area (Å²) in [5.74, 6) is 0.351. The predicted octanol–water partition coefficient (Wildman–Crippen LogP) is 5.08. The normalized spacial score (nSPS) is 13.7. The molecule has 0 fully saturated rings. The molecule has 1 aliphatic carbocycles. The number of carbonyl (C=O) groups is 1. The largest absolute Gasteiger partial charge is 0.299 e. The Bertz CT molecular complexity index is 848. The van der Waals surface area contributed by atoms with E-state index in [1.807, 2.05) is 12.1 Å². The van der Waals surface area contributed by atoms with Crippen molar-refractivity contribution < 1.29 is 4.79 Å². The molecular formula is C22H18O. The highest BCUT2D eigenvalue weighted by Gasteiger charge is 2.19. The van der Waals surface area contributed by atoms with Gasteiger partial charge in [0.15, 0.2) is 0 Å². The van der Waals surface area contributed by atoms with Crippen molar-refractivity contribution in [3.63, 3.8) is 0 Å². The number of carbonyl (C=O) groups excluding carboxylic acids is 1. The first kappa shape index (κ1) is 14.0. The average Bonchev–Trinajstić information content (AvgIpc) is 2.62. The summed E-state index contributed by atoms with van der Waals surface area (Å²) < 4.78 is 0. The minimum absolute atomic E-state index is 0.351. The Morgan fingerprint density at radius 2 is 1.13 bits per heavy atom. The monoisotopic (exact) mass is 298 g/mol. The Labute approximate surface area is 136 Å².